The number of benzene rings is 3. The van der Waals surface area contributed by atoms with Gasteiger partial charge in [0.25, 0.3) is 0 Å². The summed E-state index contributed by atoms with van der Waals surface area (Å²) in [6, 6.07) is 22.0. The van der Waals surface area contributed by atoms with Gasteiger partial charge in [0.05, 0.1) is 17.5 Å². The topological polar surface area (TPSA) is 37.4 Å². The number of hydrogen-bond donors (Lipinski definition) is 0. The number of nitrogens with zero attached hydrogens (tertiary/aromatic N) is 1. The third kappa shape index (κ3) is 2.09. The number of amides is 2. The summed E-state index contributed by atoms with van der Waals surface area (Å²) in [7, 11) is 0. The van der Waals surface area contributed by atoms with Gasteiger partial charge in [-0.1, -0.05) is 66.2 Å². The minimum Gasteiger partial charge on any atom is -0.274 e. The fraction of sp³-hybridized carbons (Fsp3) is 0.200. The molecule has 0 radical (unpaired) electrons. The van der Waals surface area contributed by atoms with Gasteiger partial charge in [-0.3, -0.25) is 9.59 Å². The lowest BCUT2D eigenvalue weighted by Gasteiger charge is -2.45. The number of anilines is 1. The smallest absolute Gasteiger partial charge is 0.238 e. The van der Waals surface area contributed by atoms with Crippen LogP contribution in [0.25, 0.3) is 0 Å². The number of carbonyl (C=O) groups excluding carboxylic acids is 2. The molecule has 4 aliphatic rings. The van der Waals surface area contributed by atoms with Crippen LogP contribution in [0.3, 0.4) is 0 Å². The van der Waals surface area contributed by atoms with Crippen molar-refractivity contribution >= 4 is 29.1 Å². The van der Waals surface area contributed by atoms with Crippen molar-refractivity contribution in [1.29, 1.82) is 0 Å². The van der Waals surface area contributed by atoms with Crippen LogP contribution < -0.4 is 4.90 Å². The highest BCUT2D eigenvalue weighted by atomic mass is 35.5. The predicted octanol–water partition coefficient (Wildman–Crippen LogP) is 5.05. The minimum atomic E-state index is -0.364. The van der Waals surface area contributed by atoms with E-state index in [0.717, 1.165) is 5.56 Å². The second-order valence-corrected chi connectivity index (χ2v) is 8.62. The lowest BCUT2D eigenvalue weighted by Crippen LogP contribution is -2.41. The molecule has 142 valence electrons. The van der Waals surface area contributed by atoms with Crippen molar-refractivity contribution in [3.63, 3.8) is 0 Å². The third-order valence-electron chi connectivity index (χ3n) is 6.86. The molecular weight excluding hydrogens is 382 g/mol. The van der Waals surface area contributed by atoms with Gasteiger partial charge in [-0.25, -0.2) is 4.90 Å². The standard InChI is InChI=1S/C25H18ClNO2/c1-13-10-11-14(12-19(13)26)27-24(28)22-20-15-6-2-3-7-16(15)21(23(22)25(27)29)18-9-5-4-8-17(18)20/h2-12,20-23H,1H3. The molecule has 2 atom stereocenters. The Balaban J connectivity index is 1.56. The Hall–Kier alpha value is -2.91. The number of halogens is 1. The molecule has 3 aliphatic carbocycles. The largest absolute Gasteiger partial charge is 0.274 e. The number of hydrogen-bond acceptors (Lipinski definition) is 2. The first-order chi connectivity index (χ1) is 14.1. The van der Waals surface area contributed by atoms with Crippen LogP contribution in [0.15, 0.2) is 66.7 Å². The Morgan fingerprint density at radius 2 is 1.17 bits per heavy atom. The molecule has 2 unspecified atom stereocenters. The van der Waals surface area contributed by atoms with E-state index in [-0.39, 0.29) is 35.5 Å². The molecule has 0 N–H and O–H groups in total. The van der Waals surface area contributed by atoms with E-state index in [4.69, 9.17) is 11.6 Å². The summed E-state index contributed by atoms with van der Waals surface area (Å²) in [6.45, 7) is 1.91. The summed E-state index contributed by atoms with van der Waals surface area (Å²) in [5.41, 5.74) is 6.22. The first-order valence-corrected chi connectivity index (χ1v) is 10.3. The highest BCUT2D eigenvalue weighted by Gasteiger charge is 2.61. The van der Waals surface area contributed by atoms with Crippen molar-refractivity contribution in [1.82, 2.24) is 0 Å². The van der Waals surface area contributed by atoms with E-state index in [1.165, 1.54) is 27.2 Å². The average Bonchev–Trinajstić information content (AvgIpc) is 3.01. The van der Waals surface area contributed by atoms with E-state index in [1.807, 2.05) is 43.3 Å². The van der Waals surface area contributed by atoms with Crippen LogP contribution in [0, 0.1) is 18.8 Å². The summed E-state index contributed by atoms with van der Waals surface area (Å²) in [5.74, 6) is -1.12. The molecule has 4 heteroatoms. The van der Waals surface area contributed by atoms with Crippen LogP contribution in [0.1, 0.15) is 39.7 Å². The fourth-order valence-electron chi connectivity index (χ4n) is 5.65. The molecular formula is C25H18ClNO2. The highest BCUT2D eigenvalue weighted by molar-refractivity contribution is 6.32. The molecule has 1 heterocycles. The predicted molar refractivity (Wildman–Crippen MR) is 112 cm³/mol. The second kappa shape index (κ2) is 5.80. The van der Waals surface area contributed by atoms with E-state index >= 15 is 0 Å². The Morgan fingerprint density at radius 1 is 0.724 bits per heavy atom. The van der Waals surface area contributed by atoms with Gasteiger partial charge >= 0.3 is 0 Å². The van der Waals surface area contributed by atoms with E-state index < -0.39 is 0 Å². The lowest BCUT2D eigenvalue weighted by atomic mass is 9.55. The van der Waals surface area contributed by atoms with Crippen LogP contribution in [-0.2, 0) is 9.59 Å². The van der Waals surface area contributed by atoms with Gasteiger partial charge < -0.3 is 0 Å². The van der Waals surface area contributed by atoms with Gasteiger partial charge in [0.15, 0.2) is 0 Å². The quantitative estimate of drug-likeness (QED) is 0.537. The van der Waals surface area contributed by atoms with Gasteiger partial charge in [0, 0.05) is 16.9 Å². The first kappa shape index (κ1) is 17.0. The molecule has 2 bridgehead atoms. The van der Waals surface area contributed by atoms with E-state index in [0.29, 0.717) is 10.7 Å². The summed E-state index contributed by atoms with van der Waals surface area (Å²) in [6.07, 6.45) is 0. The molecule has 2 amide bonds. The molecule has 29 heavy (non-hydrogen) atoms. The molecule has 7 rings (SSSR count). The van der Waals surface area contributed by atoms with Crippen molar-refractivity contribution in [2.24, 2.45) is 11.8 Å². The Kier molecular flexibility index (Phi) is 3.40. The minimum absolute atomic E-state index is 0.0835. The Bertz CT molecular complexity index is 1100. The average molecular weight is 400 g/mol. The SMILES string of the molecule is Cc1ccc(N2C(=O)C3C4c5ccccc5C(c5ccccc54)C3C2=O)cc1Cl. The maximum atomic E-state index is 13.6. The molecule has 3 aromatic carbocycles. The molecule has 1 fully saturated rings. The van der Waals surface area contributed by atoms with Crippen molar-refractivity contribution in [2.75, 3.05) is 4.90 Å². The number of rotatable bonds is 1. The zero-order valence-electron chi connectivity index (χ0n) is 15.8. The van der Waals surface area contributed by atoms with Crippen LogP contribution >= 0.6 is 11.6 Å². The first-order valence-electron chi connectivity index (χ1n) is 9.89. The zero-order chi connectivity index (χ0) is 19.9. The third-order valence-corrected chi connectivity index (χ3v) is 7.27. The zero-order valence-corrected chi connectivity index (χ0v) is 16.6. The number of aryl methyl sites for hydroxylation is 1. The van der Waals surface area contributed by atoms with Gasteiger partial charge in [0.1, 0.15) is 0 Å². The second-order valence-electron chi connectivity index (χ2n) is 8.21. The van der Waals surface area contributed by atoms with E-state index in [1.54, 1.807) is 6.07 Å². The molecule has 0 aromatic heterocycles. The van der Waals surface area contributed by atoms with Crippen molar-refractivity contribution < 1.29 is 9.59 Å². The van der Waals surface area contributed by atoms with Crippen molar-refractivity contribution in [3.05, 3.63) is 99.6 Å². The van der Waals surface area contributed by atoms with Crippen LogP contribution in [-0.4, -0.2) is 11.8 Å². The Morgan fingerprint density at radius 3 is 1.59 bits per heavy atom. The van der Waals surface area contributed by atoms with Gasteiger partial charge in [-0.2, -0.15) is 0 Å². The normalized spacial score (nSPS) is 26.3. The van der Waals surface area contributed by atoms with E-state index in [2.05, 4.69) is 24.3 Å². The molecule has 1 saturated heterocycles. The summed E-state index contributed by atoms with van der Waals surface area (Å²) in [4.78, 5) is 28.6. The van der Waals surface area contributed by atoms with Crippen LogP contribution in [0.5, 0.6) is 0 Å². The lowest BCUT2D eigenvalue weighted by molar-refractivity contribution is -0.122. The summed E-state index contributed by atoms with van der Waals surface area (Å²) >= 11 is 6.31. The van der Waals surface area contributed by atoms with Crippen molar-refractivity contribution in [2.45, 2.75) is 18.8 Å². The fourth-order valence-corrected chi connectivity index (χ4v) is 5.83. The molecule has 3 nitrogen and oxygen atoms in total. The molecule has 1 aliphatic heterocycles. The monoisotopic (exact) mass is 399 g/mol. The van der Waals surface area contributed by atoms with Gasteiger partial charge in [-0.05, 0) is 46.9 Å². The summed E-state index contributed by atoms with van der Waals surface area (Å²) < 4.78 is 0. The van der Waals surface area contributed by atoms with Crippen LogP contribution in [0.4, 0.5) is 5.69 Å². The molecule has 0 spiro atoms. The number of imide groups is 1. The maximum absolute atomic E-state index is 13.6. The maximum Gasteiger partial charge on any atom is 0.238 e. The summed E-state index contributed by atoms with van der Waals surface area (Å²) in [5, 5.41) is 0.563. The van der Waals surface area contributed by atoms with Crippen molar-refractivity contribution in [3.8, 4) is 0 Å². The molecule has 0 saturated carbocycles. The Labute approximate surface area is 173 Å². The van der Waals surface area contributed by atoms with Gasteiger partial charge in [0.2, 0.25) is 11.8 Å². The van der Waals surface area contributed by atoms with Crippen LogP contribution in [0.2, 0.25) is 5.02 Å². The highest BCUT2D eigenvalue weighted by Crippen LogP contribution is 2.61. The number of carbonyl (C=O) groups is 2. The van der Waals surface area contributed by atoms with Gasteiger partial charge in [-0.15, -0.1) is 0 Å². The van der Waals surface area contributed by atoms with E-state index in [9.17, 15) is 9.59 Å². The molecule has 3 aromatic rings.